The maximum Gasteiger partial charge on any atom is 0.303 e. The van der Waals surface area contributed by atoms with Crippen LogP contribution in [0.4, 0.5) is 0 Å². The van der Waals surface area contributed by atoms with Crippen LogP contribution in [0.2, 0.25) is 0 Å². The van der Waals surface area contributed by atoms with Gasteiger partial charge in [0.05, 0.1) is 0 Å². The average molecular weight is 256 g/mol. The second kappa shape index (κ2) is 14.3. The number of unbranched alkanes of at least 4 members (excludes halogenated alkanes) is 8. The molecule has 0 radical (unpaired) electrons. The Morgan fingerprint density at radius 3 is 2.00 bits per heavy atom. The zero-order valence-electron chi connectivity index (χ0n) is 13.8. The molecule has 0 spiro atoms. The van der Waals surface area contributed by atoms with E-state index in [1.165, 1.54) is 32.1 Å². The lowest BCUT2D eigenvalue weighted by Gasteiger charge is -1.98. The molecule has 0 aromatic rings. The van der Waals surface area contributed by atoms with E-state index in [1.807, 2.05) is 0 Å². The number of carbonyl (C=O) groups is 1. The molecule has 2 heteroatoms. The normalized spacial score (nSPS) is 13.6. The van der Waals surface area contributed by atoms with Gasteiger partial charge in [-0.2, -0.15) is 0 Å². The minimum absolute atomic E-state index is 0.121. The lowest BCUT2D eigenvalue weighted by molar-refractivity contribution is -0.137. The minimum atomic E-state index is -2.06. The van der Waals surface area contributed by atoms with Crippen molar-refractivity contribution in [1.82, 2.24) is 0 Å². The van der Waals surface area contributed by atoms with Gasteiger partial charge in [0.1, 0.15) is 0 Å². The van der Waals surface area contributed by atoms with E-state index in [0.717, 1.165) is 25.7 Å². The third kappa shape index (κ3) is 15.2. The fraction of sp³-hybridized carbons (Fsp3) is 0.812. The van der Waals surface area contributed by atoms with Crippen molar-refractivity contribution in [3.05, 3.63) is 12.2 Å². The van der Waals surface area contributed by atoms with Crippen molar-refractivity contribution in [1.29, 1.82) is 0 Å². The fourth-order valence-corrected chi connectivity index (χ4v) is 1.86. The van der Waals surface area contributed by atoms with Crippen LogP contribution in [-0.2, 0) is 4.79 Å². The molecule has 0 heterocycles. The van der Waals surface area contributed by atoms with Gasteiger partial charge in [-0.05, 0) is 32.1 Å². The van der Waals surface area contributed by atoms with Crippen molar-refractivity contribution >= 4 is 5.97 Å². The lowest BCUT2D eigenvalue weighted by Crippen LogP contribution is -1.93. The average Bonchev–Trinajstić information content (AvgIpc) is 2.39. The van der Waals surface area contributed by atoms with Gasteiger partial charge in [0.15, 0.2) is 0 Å². The first-order chi connectivity index (χ1) is 9.50. The number of hydrogen-bond donors (Lipinski definition) is 1. The Hall–Kier alpha value is -0.790. The van der Waals surface area contributed by atoms with E-state index in [9.17, 15) is 4.79 Å². The van der Waals surface area contributed by atoms with Gasteiger partial charge in [0.25, 0.3) is 0 Å². The summed E-state index contributed by atoms with van der Waals surface area (Å²) in [6, 6.07) is 0. The van der Waals surface area contributed by atoms with Gasteiger partial charge < -0.3 is 5.11 Å². The summed E-state index contributed by atoms with van der Waals surface area (Å²) < 4.78 is 14.6. The molecule has 0 bridgehead atoms. The largest absolute Gasteiger partial charge is 0.481 e. The Morgan fingerprint density at radius 2 is 1.44 bits per heavy atom. The Balaban J connectivity index is 3.32. The van der Waals surface area contributed by atoms with Crippen molar-refractivity contribution in [3.8, 4) is 0 Å². The molecule has 0 saturated heterocycles. The summed E-state index contributed by atoms with van der Waals surface area (Å²) in [7, 11) is 0. The molecule has 0 aliphatic rings. The Bertz CT molecular complexity index is 276. The molecule has 0 aromatic heterocycles. The smallest absolute Gasteiger partial charge is 0.303 e. The molecule has 18 heavy (non-hydrogen) atoms. The Kier molecular flexibility index (Phi) is 10.8. The van der Waals surface area contributed by atoms with E-state index in [0.29, 0.717) is 6.42 Å². The molecule has 0 amide bonds. The third-order valence-corrected chi connectivity index (χ3v) is 2.96. The van der Waals surface area contributed by atoms with Crippen molar-refractivity contribution in [2.75, 3.05) is 0 Å². The molecule has 0 fully saturated rings. The molecule has 1 N–H and O–H groups in total. The maximum absolute atomic E-state index is 10.6. The van der Waals surface area contributed by atoms with Gasteiger partial charge in [-0.25, -0.2) is 0 Å². The van der Waals surface area contributed by atoms with E-state index in [2.05, 4.69) is 19.1 Å². The van der Waals surface area contributed by atoms with E-state index < -0.39 is 12.3 Å². The number of carboxylic acid groups (broad SMARTS) is 1. The molecule has 0 aliphatic heterocycles. The van der Waals surface area contributed by atoms with Gasteiger partial charge in [-0.1, -0.05) is 57.6 Å². The second-order valence-corrected chi connectivity index (χ2v) is 4.76. The Morgan fingerprint density at radius 1 is 0.944 bits per heavy atom. The first-order valence-corrected chi connectivity index (χ1v) is 7.39. The van der Waals surface area contributed by atoms with E-state index in [-0.39, 0.29) is 6.42 Å². The molecule has 0 aliphatic carbocycles. The first-order valence-electron chi connectivity index (χ1n) is 8.39. The molecule has 106 valence electrons. The molecular formula is C16H30O2. The summed E-state index contributed by atoms with van der Waals surface area (Å²) in [5.74, 6) is -1.34. The van der Waals surface area contributed by atoms with Crippen LogP contribution in [0.5, 0.6) is 0 Å². The lowest BCUT2D eigenvalue weighted by atomic mass is 10.1. The van der Waals surface area contributed by atoms with Gasteiger partial charge in [0, 0.05) is 9.11 Å². The molecule has 0 atom stereocenters. The van der Waals surface area contributed by atoms with Crippen LogP contribution in [0, 0.1) is 0 Å². The van der Waals surface area contributed by atoms with Crippen molar-refractivity contribution in [2.45, 2.75) is 83.9 Å². The first kappa shape index (κ1) is 13.6. The summed E-state index contributed by atoms with van der Waals surface area (Å²) in [4.78, 5) is 10.6. The molecule has 0 aromatic carbocycles. The summed E-state index contributed by atoms with van der Waals surface area (Å²) in [5, 5.41) is 8.63. The van der Waals surface area contributed by atoms with Crippen molar-refractivity contribution in [2.24, 2.45) is 0 Å². The molecule has 0 rings (SSSR count). The van der Waals surface area contributed by atoms with Gasteiger partial charge in [0.2, 0.25) is 0 Å². The zero-order chi connectivity index (χ0) is 15.3. The molecule has 0 unspecified atom stereocenters. The third-order valence-electron chi connectivity index (χ3n) is 2.96. The van der Waals surface area contributed by atoms with Crippen LogP contribution in [0.25, 0.3) is 0 Å². The molecular weight excluding hydrogens is 224 g/mol. The fourth-order valence-electron chi connectivity index (χ4n) is 1.86. The van der Waals surface area contributed by atoms with Crippen LogP contribution in [0.1, 0.15) is 86.7 Å². The van der Waals surface area contributed by atoms with Crippen LogP contribution in [0.15, 0.2) is 12.2 Å². The van der Waals surface area contributed by atoms with E-state index in [4.69, 9.17) is 7.85 Å². The van der Waals surface area contributed by atoms with Crippen LogP contribution in [-0.4, -0.2) is 11.1 Å². The van der Waals surface area contributed by atoms with E-state index in [1.54, 1.807) is 0 Å². The highest BCUT2D eigenvalue weighted by atomic mass is 16.4. The van der Waals surface area contributed by atoms with Gasteiger partial charge >= 0.3 is 5.97 Å². The summed E-state index contributed by atoms with van der Waals surface area (Å²) in [5.41, 5.74) is 0. The predicted octanol–water partition coefficient (Wildman–Crippen LogP) is 5.33. The number of rotatable bonds is 13. The van der Waals surface area contributed by atoms with Crippen molar-refractivity contribution in [3.63, 3.8) is 0 Å². The highest BCUT2D eigenvalue weighted by Gasteiger charge is 1.95. The maximum atomic E-state index is 10.6. The number of allylic oxidation sites excluding steroid dienone is 2. The Labute approximate surface area is 115 Å². The van der Waals surface area contributed by atoms with Crippen LogP contribution in [0.3, 0.4) is 0 Å². The van der Waals surface area contributed by atoms with Crippen LogP contribution >= 0.6 is 0 Å². The number of aliphatic carboxylic acids is 1. The van der Waals surface area contributed by atoms with Crippen LogP contribution < -0.4 is 0 Å². The standard InChI is InChI=1S/C16H30O2/c1-2-3-4-5-6-7-8-9-10-11-12-13-14-15-16(17)18/h7-8H,2-6,9-15H2,1H3,(H,17,18)/b8-7-/i15D2. The van der Waals surface area contributed by atoms with Crippen molar-refractivity contribution < 1.29 is 12.6 Å². The van der Waals surface area contributed by atoms with E-state index >= 15 is 0 Å². The summed E-state index contributed by atoms with van der Waals surface area (Å²) >= 11 is 0. The number of hydrogen-bond acceptors (Lipinski definition) is 1. The molecule has 2 nitrogen and oxygen atoms in total. The highest BCUT2D eigenvalue weighted by Crippen LogP contribution is 2.08. The summed E-state index contributed by atoms with van der Waals surface area (Å²) in [6.07, 6.45) is 13.8. The monoisotopic (exact) mass is 256 g/mol. The topological polar surface area (TPSA) is 37.3 Å². The highest BCUT2D eigenvalue weighted by molar-refractivity contribution is 5.66. The minimum Gasteiger partial charge on any atom is -0.481 e. The predicted molar refractivity (Wildman–Crippen MR) is 77.9 cm³/mol. The summed E-state index contributed by atoms with van der Waals surface area (Å²) in [6.45, 7) is 2.22. The quantitative estimate of drug-likeness (QED) is 0.357. The molecule has 0 saturated carbocycles. The zero-order valence-corrected chi connectivity index (χ0v) is 11.8. The SMILES string of the molecule is [2H]C([2H])(CCCCCC/C=C\CCCCCC)C(=O)O. The van der Waals surface area contributed by atoms with Gasteiger partial charge in [-0.15, -0.1) is 0 Å². The number of carboxylic acids is 1. The second-order valence-electron chi connectivity index (χ2n) is 4.76. The van der Waals surface area contributed by atoms with Gasteiger partial charge in [-0.3, -0.25) is 4.79 Å².